The molecule has 0 spiro atoms. The molecule has 1 aliphatic carbocycles. The van der Waals surface area contributed by atoms with Gasteiger partial charge in [0.05, 0.1) is 5.52 Å². The largest absolute Gasteiger partial charge is 0.344 e. The highest BCUT2D eigenvalue weighted by atomic mass is 16.2. The third-order valence-electron chi connectivity index (χ3n) is 6.15. The normalized spacial score (nSPS) is 20.2. The molecule has 0 N–H and O–H groups in total. The number of benzene rings is 1. The maximum Gasteiger partial charge on any atom is 0.251 e. The van der Waals surface area contributed by atoms with E-state index in [-0.39, 0.29) is 29.8 Å². The molecule has 6 heteroatoms. The molecule has 1 saturated heterocycles. The van der Waals surface area contributed by atoms with Gasteiger partial charge in [0.2, 0.25) is 11.8 Å². The molecule has 2 aromatic rings. The molecule has 1 aromatic carbocycles. The van der Waals surface area contributed by atoms with Crippen LogP contribution in [-0.4, -0.2) is 52.4 Å². The van der Waals surface area contributed by atoms with E-state index in [4.69, 9.17) is 0 Å². The van der Waals surface area contributed by atoms with Gasteiger partial charge in [-0.15, -0.1) is 0 Å². The van der Waals surface area contributed by atoms with Gasteiger partial charge in [0, 0.05) is 44.6 Å². The summed E-state index contributed by atoms with van der Waals surface area (Å²) < 4.78 is 1.53. The summed E-state index contributed by atoms with van der Waals surface area (Å²) in [6.07, 6.45) is 5.14. The fourth-order valence-electron chi connectivity index (χ4n) is 4.65. The van der Waals surface area contributed by atoms with Crippen molar-refractivity contribution in [2.24, 2.45) is 5.92 Å². The number of nitrogens with zero attached hydrogens (tertiary/aromatic N) is 3. The maximum absolute atomic E-state index is 12.8. The lowest BCUT2D eigenvalue weighted by atomic mass is 10.1. The molecule has 148 valence electrons. The van der Waals surface area contributed by atoms with Crippen molar-refractivity contribution in [2.45, 2.75) is 44.7 Å². The van der Waals surface area contributed by atoms with Gasteiger partial charge in [0.25, 0.3) is 5.56 Å². The lowest BCUT2D eigenvalue weighted by Gasteiger charge is -2.25. The molecule has 0 bridgehead atoms. The molecule has 2 fully saturated rings. The Balaban J connectivity index is 1.41. The van der Waals surface area contributed by atoms with E-state index in [2.05, 4.69) is 0 Å². The molecule has 1 atom stereocenters. The fraction of sp³-hybridized carbons (Fsp3) is 0.500. The summed E-state index contributed by atoms with van der Waals surface area (Å²) >= 11 is 0. The van der Waals surface area contributed by atoms with E-state index < -0.39 is 0 Å². The predicted octanol–water partition coefficient (Wildman–Crippen LogP) is 2.25. The highest BCUT2D eigenvalue weighted by Gasteiger charge is 2.36. The number of likely N-dealkylation sites (N-methyl/N-ethyl adjacent to an activating group) is 1. The van der Waals surface area contributed by atoms with Crippen LogP contribution >= 0.6 is 0 Å². The Morgan fingerprint density at radius 1 is 1.11 bits per heavy atom. The minimum absolute atomic E-state index is 0.0176. The van der Waals surface area contributed by atoms with Crippen LogP contribution in [0.2, 0.25) is 0 Å². The van der Waals surface area contributed by atoms with Crippen molar-refractivity contribution in [3.63, 3.8) is 0 Å². The highest BCUT2D eigenvalue weighted by molar-refractivity contribution is 5.82. The molecule has 2 aliphatic rings. The fourth-order valence-corrected chi connectivity index (χ4v) is 4.65. The third kappa shape index (κ3) is 3.68. The van der Waals surface area contributed by atoms with Crippen molar-refractivity contribution in [3.8, 4) is 0 Å². The van der Waals surface area contributed by atoms with Gasteiger partial charge in [-0.1, -0.05) is 31.0 Å². The van der Waals surface area contributed by atoms with Crippen molar-refractivity contribution in [1.82, 2.24) is 14.4 Å². The quantitative estimate of drug-likeness (QED) is 0.798. The Bertz CT molecular complexity index is 945. The number of rotatable bonds is 5. The van der Waals surface area contributed by atoms with E-state index in [0.29, 0.717) is 19.0 Å². The topological polar surface area (TPSA) is 62.6 Å². The maximum atomic E-state index is 12.8. The number of aromatic nitrogens is 1. The number of carbonyl (C=O) groups is 2. The Morgan fingerprint density at radius 2 is 1.86 bits per heavy atom. The first-order valence-electron chi connectivity index (χ1n) is 10.1. The SMILES string of the molecule is CN(CC1CC(=O)N(C2CCCC2)C1)C(=O)Cn1c(=O)ccc2ccccc21. The van der Waals surface area contributed by atoms with E-state index in [1.165, 1.54) is 23.5 Å². The minimum Gasteiger partial charge on any atom is -0.344 e. The van der Waals surface area contributed by atoms with Crippen LogP contribution in [0.15, 0.2) is 41.2 Å². The molecule has 2 heterocycles. The van der Waals surface area contributed by atoms with Gasteiger partial charge in [0.15, 0.2) is 0 Å². The lowest BCUT2D eigenvalue weighted by Crippen LogP contribution is -2.38. The number of para-hydroxylation sites is 1. The average Bonchev–Trinajstić information content (AvgIpc) is 3.33. The van der Waals surface area contributed by atoms with E-state index in [9.17, 15) is 14.4 Å². The monoisotopic (exact) mass is 381 g/mol. The van der Waals surface area contributed by atoms with E-state index in [1.807, 2.05) is 29.2 Å². The van der Waals surface area contributed by atoms with Crippen molar-refractivity contribution < 1.29 is 9.59 Å². The molecule has 0 radical (unpaired) electrons. The highest BCUT2D eigenvalue weighted by Crippen LogP contribution is 2.29. The number of amides is 2. The molecule has 4 rings (SSSR count). The number of hydrogen-bond acceptors (Lipinski definition) is 3. The van der Waals surface area contributed by atoms with Crippen molar-refractivity contribution in [2.75, 3.05) is 20.1 Å². The molecular formula is C22H27N3O3. The van der Waals surface area contributed by atoms with Crippen LogP contribution in [0, 0.1) is 5.92 Å². The van der Waals surface area contributed by atoms with Gasteiger partial charge in [-0.3, -0.25) is 19.0 Å². The standard InChI is InChI=1S/C22H27N3O3/c1-23(13-16-12-21(27)24(14-16)18-7-3-4-8-18)22(28)15-25-19-9-5-2-6-17(19)10-11-20(25)26/h2,5-6,9-11,16,18H,3-4,7-8,12-15H2,1H3. The first-order chi connectivity index (χ1) is 13.5. The van der Waals surface area contributed by atoms with Crippen LogP contribution in [0.25, 0.3) is 10.9 Å². The van der Waals surface area contributed by atoms with Crippen LogP contribution in [-0.2, 0) is 16.1 Å². The Labute approximate surface area is 164 Å². The zero-order chi connectivity index (χ0) is 19.7. The van der Waals surface area contributed by atoms with Crippen LogP contribution in [0.1, 0.15) is 32.1 Å². The molecule has 1 saturated carbocycles. The summed E-state index contributed by atoms with van der Waals surface area (Å²) in [4.78, 5) is 41.2. The summed E-state index contributed by atoms with van der Waals surface area (Å²) in [5, 5.41) is 0.936. The third-order valence-corrected chi connectivity index (χ3v) is 6.15. The molecule has 6 nitrogen and oxygen atoms in total. The molecule has 1 aromatic heterocycles. The average molecular weight is 381 g/mol. The van der Waals surface area contributed by atoms with Crippen molar-refractivity contribution in [3.05, 3.63) is 46.8 Å². The number of fused-ring (bicyclic) bond motifs is 1. The smallest absolute Gasteiger partial charge is 0.251 e. The zero-order valence-corrected chi connectivity index (χ0v) is 16.3. The second kappa shape index (κ2) is 7.78. The molecule has 1 aliphatic heterocycles. The van der Waals surface area contributed by atoms with Gasteiger partial charge >= 0.3 is 0 Å². The molecule has 2 amide bonds. The summed E-state index contributed by atoms with van der Waals surface area (Å²) in [5.41, 5.74) is 0.587. The van der Waals surface area contributed by atoms with Crippen LogP contribution in [0.3, 0.4) is 0 Å². The zero-order valence-electron chi connectivity index (χ0n) is 16.3. The lowest BCUT2D eigenvalue weighted by molar-refractivity contribution is -0.131. The Hall–Kier alpha value is -2.63. The minimum atomic E-state index is -0.177. The Kier molecular flexibility index (Phi) is 5.20. The predicted molar refractivity (Wildman–Crippen MR) is 108 cm³/mol. The first-order valence-corrected chi connectivity index (χ1v) is 10.1. The van der Waals surface area contributed by atoms with E-state index in [0.717, 1.165) is 30.3 Å². The van der Waals surface area contributed by atoms with Crippen molar-refractivity contribution in [1.29, 1.82) is 0 Å². The molecule has 28 heavy (non-hydrogen) atoms. The second-order valence-corrected chi connectivity index (χ2v) is 8.15. The summed E-state index contributed by atoms with van der Waals surface area (Å²) in [6.45, 7) is 1.31. The van der Waals surface area contributed by atoms with Crippen LogP contribution in [0.4, 0.5) is 0 Å². The van der Waals surface area contributed by atoms with Gasteiger partial charge in [0.1, 0.15) is 6.54 Å². The molecule has 1 unspecified atom stereocenters. The van der Waals surface area contributed by atoms with Gasteiger partial charge < -0.3 is 9.80 Å². The number of likely N-dealkylation sites (tertiary alicyclic amines) is 1. The van der Waals surface area contributed by atoms with Gasteiger partial charge in [-0.25, -0.2) is 0 Å². The van der Waals surface area contributed by atoms with Crippen molar-refractivity contribution >= 4 is 22.7 Å². The summed E-state index contributed by atoms with van der Waals surface area (Å²) in [5.74, 6) is 0.291. The molecular weight excluding hydrogens is 354 g/mol. The number of pyridine rings is 1. The van der Waals surface area contributed by atoms with E-state index in [1.54, 1.807) is 18.0 Å². The van der Waals surface area contributed by atoms with Gasteiger partial charge in [-0.05, 0) is 30.4 Å². The second-order valence-electron chi connectivity index (χ2n) is 8.15. The number of hydrogen-bond donors (Lipinski definition) is 0. The first kappa shape index (κ1) is 18.7. The Morgan fingerprint density at radius 3 is 2.64 bits per heavy atom. The number of carbonyl (C=O) groups excluding carboxylic acids is 2. The van der Waals surface area contributed by atoms with E-state index >= 15 is 0 Å². The van der Waals surface area contributed by atoms with Crippen LogP contribution < -0.4 is 5.56 Å². The summed E-state index contributed by atoms with van der Waals surface area (Å²) in [6, 6.07) is 11.3. The van der Waals surface area contributed by atoms with Gasteiger partial charge in [-0.2, -0.15) is 0 Å². The summed E-state index contributed by atoms with van der Waals surface area (Å²) in [7, 11) is 1.77. The van der Waals surface area contributed by atoms with Crippen LogP contribution in [0.5, 0.6) is 0 Å².